The summed E-state index contributed by atoms with van der Waals surface area (Å²) in [7, 11) is 0. The van der Waals surface area contributed by atoms with Crippen LogP contribution in [0.1, 0.15) is 57.2 Å². The molecule has 2 aliphatic rings. The number of aryl methyl sites for hydroxylation is 1. The molecule has 1 saturated carbocycles. The second kappa shape index (κ2) is 11.9. The number of benzene rings is 1. The lowest BCUT2D eigenvalue weighted by Crippen LogP contribution is -2.22. The highest BCUT2D eigenvalue weighted by Crippen LogP contribution is 2.42. The van der Waals surface area contributed by atoms with Gasteiger partial charge in [0.05, 0.1) is 23.9 Å². The molecule has 4 rings (SSSR count). The average Bonchev–Trinajstić information content (AvgIpc) is 3.48. The van der Waals surface area contributed by atoms with Gasteiger partial charge in [-0.15, -0.1) is 5.10 Å². The number of allylic oxidation sites excluding steroid dienone is 2. The van der Waals surface area contributed by atoms with Gasteiger partial charge in [0.1, 0.15) is 0 Å². The number of nitrogens with one attached hydrogen (secondary N) is 1. The van der Waals surface area contributed by atoms with Gasteiger partial charge in [0.25, 0.3) is 0 Å². The van der Waals surface area contributed by atoms with Gasteiger partial charge < -0.3 is 15.2 Å². The molecule has 0 spiro atoms. The number of rotatable bonds is 5. The number of hydrogen-bond donors (Lipinski definition) is 2. The summed E-state index contributed by atoms with van der Waals surface area (Å²) >= 11 is 0. The zero-order valence-electron chi connectivity index (χ0n) is 20.1. The first-order chi connectivity index (χ1) is 17.0. The third-order valence-corrected chi connectivity index (χ3v) is 6.79. The number of fused-ring (bicyclic) bond motifs is 1. The first kappa shape index (κ1) is 24.9. The molecule has 1 aliphatic carbocycles. The lowest BCUT2D eigenvalue weighted by atomic mass is 9.90. The van der Waals surface area contributed by atoms with Crippen molar-refractivity contribution in [2.24, 2.45) is 11.8 Å². The number of aliphatic hydroxyl groups excluding tert-OH is 1. The van der Waals surface area contributed by atoms with E-state index in [1.807, 2.05) is 48.1 Å². The first-order valence-corrected chi connectivity index (χ1v) is 12.5. The van der Waals surface area contributed by atoms with Crippen LogP contribution in [0.2, 0.25) is 0 Å². The standard InChI is InChI=1S/C27H34N4O4/c1-19-8-4-2-5-9-20-16-23(17-24(20)25(32)13-15-27(34)35-19)31-18-22(29-30-31)12-14-26(33)28-21-10-6-3-7-11-21/h3,5-7,9-11,13,15,18-20,23-25,32H,2,4,8,12,14,16-17H2,1H3,(H,28,33)/b9-5+,15-13?. The molecule has 5 atom stereocenters. The Labute approximate surface area is 206 Å². The number of aliphatic hydroxyl groups is 1. The van der Waals surface area contributed by atoms with Crippen molar-refractivity contribution in [1.29, 1.82) is 0 Å². The van der Waals surface area contributed by atoms with E-state index in [1.54, 1.807) is 6.08 Å². The summed E-state index contributed by atoms with van der Waals surface area (Å²) in [5, 5.41) is 22.3. The third kappa shape index (κ3) is 7.11. The van der Waals surface area contributed by atoms with Crippen molar-refractivity contribution >= 4 is 17.6 Å². The van der Waals surface area contributed by atoms with Crippen molar-refractivity contribution in [2.45, 2.75) is 70.1 Å². The van der Waals surface area contributed by atoms with Crippen LogP contribution in [0.15, 0.2) is 60.8 Å². The summed E-state index contributed by atoms with van der Waals surface area (Å²) in [5.41, 5.74) is 1.54. The molecule has 8 heteroatoms. The Kier molecular flexibility index (Phi) is 8.47. The summed E-state index contributed by atoms with van der Waals surface area (Å²) in [6.45, 7) is 1.90. The van der Waals surface area contributed by atoms with Crippen molar-refractivity contribution in [1.82, 2.24) is 15.0 Å². The molecule has 1 aromatic carbocycles. The molecule has 0 saturated heterocycles. The van der Waals surface area contributed by atoms with Gasteiger partial charge >= 0.3 is 5.97 Å². The number of carbonyl (C=O) groups is 2. The predicted molar refractivity (Wildman–Crippen MR) is 132 cm³/mol. The zero-order chi connectivity index (χ0) is 24.6. The van der Waals surface area contributed by atoms with Gasteiger partial charge in [-0.25, -0.2) is 9.48 Å². The highest BCUT2D eigenvalue weighted by Gasteiger charge is 2.37. The SMILES string of the molecule is CC1CCC/C=C/C2CC(n3cc(CCC(=O)Nc4ccccc4)nn3)CC2C(O)C=CC(=O)O1. The highest BCUT2D eigenvalue weighted by molar-refractivity contribution is 5.90. The van der Waals surface area contributed by atoms with E-state index < -0.39 is 12.1 Å². The largest absolute Gasteiger partial charge is 0.460 e. The van der Waals surface area contributed by atoms with Crippen LogP contribution in [0.5, 0.6) is 0 Å². The number of nitrogens with zero attached hydrogens (tertiary/aromatic N) is 3. The van der Waals surface area contributed by atoms with Gasteiger partial charge in [-0.2, -0.15) is 0 Å². The average molecular weight is 479 g/mol. The number of aromatic nitrogens is 3. The predicted octanol–water partition coefficient (Wildman–Crippen LogP) is 4.01. The topological polar surface area (TPSA) is 106 Å². The Hall–Kier alpha value is -3.26. The fourth-order valence-electron chi connectivity index (χ4n) is 4.91. The maximum atomic E-state index is 12.2. The third-order valence-electron chi connectivity index (χ3n) is 6.79. The van der Waals surface area contributed by atoms with Crippen LogP contribution in [0.4, 0.5) is 5.69 Å². The number of amides is 1. The molecule has 2 heterocycles. The molecule has 1 amide bonds. The Morgan fingerprint density at radius 2 is 2.06 bits per heavy atom. The summed E-state index contributed by atoms with van der Waals surface area (Å²) in [5.74, 6) is -0.319. The second-order valence-corrected chi connectivity index (χ2v) is 9.51. The van der Waals surface area contributed by atoms with E-state index >= 15 is 0 Å². The Balaban J connectivity index is 1.37. The Morgan fingerprint density at radius 3 is 2.89 bits per heavy atom. The van der Waals surface area contributed by atoms with Crippen LogP contribution >= 0.6 is 0 Å². The summed E-state index contributed by atoms with van der Waals surface area (Å²) in [6.07, 6.45) is 13.4. The fraction of sp³-hybridized carbons (Fsp3) is 0.481. The summed E-state index contributed by atoms with van der Waals surface area (Å²) in [6, 6.07) is 9.47. The number of hydrogen-bond acceptors (Lipinski definition) is 6. The smallest absolute Gasteiger partial charge is 0.330 e. The van der Waals surface area contributed by atoms with Crippen molar-refractivity contribution in [3.05, 3.63) is 66.5 Å². The number of esters is 1. The van der Waals surface area contributed by atoms with E-state index in [-0.39, 0.29) is 29.9 Å². The van der Waals surface area contributed by atoms with Crippen LogP contribution in [0, 0.1) is 11.8 Å². The molecule has 8 nitrogen and oxygen atoms in total. The fourth-order valence-corrected chi connectivity index (χ4v) is 4.91. The van der Waals surface area contributed by atoms with E-state index in [0.717, 1.165) is 43.5 Å². The maximum absolute atomic E-state index is 12.2. The van der Waals surface area contributed by atoms with Gasteiger partial charge in [0, 0.05) is 30.8 Å². The lowest BCUT2D eigenvalue weighted by molar-refractivity contribution is -0.142. The molecule has 1 fully saturated rings. The summed E-state index contributed by atoms with van der Waals surface area (Å²) < 4.78 is 7.24. The van der Waals surface area contributed by atoms with Crippen molar-refractivity contribution < 1.29 is 19.4 Å². The quantitative estimate of drug-likeness (QED) is 0.497. The molecular weight excluding hydrogens is 444 g/mol. The van der Waals surface area contributed by atoms with Gasteiger partial charge in [-0.1, -0.05) is 35.6 Å². The Bertz CT molecular complexity index is 1050. The van der Waals surface area contributed by atoms with E-state index in [4.69, 9.17) is 4.74 Å². The van der Waals surface area contributed by atoms with E-state index in [9.17, 15) is 14.7 Å². The van der Waals surface area contributed by atoms with Gasteiger partial charge in [0.15, 0.2) is 0 Å². The zero-order valence-corrected chi connectivity index (χ0v) is 20.1. The number of ether oxygens (including phenoxy) is 1. The minimum absolute atomic E-state index is 0.0252. The molecule has 1 aliphatic heterocycles. The minimum atomic E-state index is -0.747. The van der Waals surface area contributed by atoms with Crippen LogP contribution in [0.25, 0.3) is 0 Å². The lowest BCUT2D eigenvalue weighted by Gasteiger charge is -2.19. The molecule has 2 N–H and O–H groups in total. The number of cyclic esters (lactones) is 1. The van der Waals surface area contributed by atoms with Crippen LogP contribution in [-0.4, -0.2) is 44.2 Å². The molecule has 5 unspecified atom stereocenters. The van der Waals surface area contributed by atoms with Crippen molar-refractivity contribution in [3.63, 3.8) is 0 Å². The highest BCUT2D eigenvalue weighted by atomic mass is 16.5. The molecule has 186 valence electrons. The van der Waals surface area contributed by atoms with Gasteiger partial charge in [0.2, 0.25) is 5.91 Å². The second-order valence-electron chi connectivity index (χ2n) is 9.51. The Morgan fingerprint density at radius 1 is 1.23 bits per heavy atom. The number of para-hydroxylation sites is 1. The van der Waals surface area contributed by atoms with E-state index in [2.05, 4.69) is 27.8 Å². The van der Waals surface area contributed by atoms with E-state index in [0.29, 0.717) is 12.8 Å². The van der Waals surface area contributed by atoms with Crippen LogP contribution < -0.4 is 5.32 Å². The molecule has 0 bridgehead atoms. The van der Waals surface area contributed by atoms with Crippen molar-refractivity contribution in [2.75, 3.05) is 5.32 Å². The van der Waals surface area contributed by atoms with Crippen LogP contribution in [0.3, 0.4) is 0 Å². The monoisotopic (exact) mass is 478 g/mol. The van der Waals surface area contributed by atoms with Crippen molar-refractivity contribution in [3.8, 4) is 0 Å². The molecule has 2 aromatic rings. The summed E-state index contributed by atoms with van der Waals surface area (Å²) in [4.78, 5) is 24.3. The molecule has 1 aromatic heterocycles. The molecular formula is C27H34N4O4. The number of anilines is 1. The molecule has 0 radical (unpaired) electrons. The van der Waals surface area contributed by atoms with Crippen LogP contribution in [-0.2, 0) is 20.7 Å². The van der Waals surface area contributed by atoms with Gasteiger partial charge in [-0.3, -0.25) is 4.79 Å². The first-order valence-electron chi connectivity index (χ1n) is 12.5. The molecule has 35 heavy (non-hydrogen) atoms. The number of carbonyl (C=O) groups excluding carboxylic acids is 2. The maximum Gasteiger partial charge on any atom is 0.330 e. The van der Waals surface area contributed by atoms with E-state index in [1.165, 1.54) is 6.08 Å². The minimum Gasteiger partial charge on any atom is -0.460 e. The van der Waals surface area contributed by atoms with Gasteiger partial charge in [-0.05, 0) is 69.1 Å². The normalized spacial score (nSPS) is 28.2.